The molecule has 0 aliphatic rings. The summed E-state index contributed by atoms with van der Waals surface area (Å²) in [5, 5.41) is 8.30. The molecular weight excluding hydrogens is 200 g/mol. The van der Waals surface area contributed by atoms with Crippen LogP contribution in [0.15, 0.2) is 18.2 Å². The van der Waals surface area contributed by atoms with Gasteiger partial charge in [0.15, 0.2) is 11.6 Å². The molecule has 2 nitrogen and oxygen atoms in total. The maximum atomic E-state index is 13.2. The summed E-state index contributed by atoms with van der Waals surface area (Å²) in [6.45, 7) is 0. The second-order valence-corrected chi connectivity index (χ2v) is 2.77. The van der Waals surface area contributed by atoms with Gasteiger partial charge in [0.25, 0.3) is 0 Å². The lowest BCUT2D eigenvalue weighted by molar-refractivity contribution is 0.383. The van der Waals surface area contributed by atoms with Crippen molar-refractivity contribution < 1.29 is 13.5 Å². The van der Waals surface area contributed by atoms with Gasteiger partial charge in [-0.15, -0.1) is 0 Å². The quantitative estimate of drug-likeness (QED) is 0.766. The topological polar surface area (TPSA) is 33.0 Å². The van der Waals surface area contributed by atoms with E-state index in [0.29, 0.717) is 0 Å². The summed E-state index contributed by atoms with van der Waals surface area (Å²) in [5.41, 5.74) is 0.283. The summed E-state index contributed by atoms with van der Waals surface area (Å²) in [6, 6.07) is 3.79. The number of ether oxygens (including phenoxy) is 1. The minimum Gasteiger partial charge on any atom is -0.493 e. The van der Waals surface area contributed by atoms with Crippen LogP contribution in [-0.4, -0.2) is 7.11 Å². The number of methoxy groups -OCH3 is 1. The summed E-state index contributed by atoms with van der Waals surface area (Å²) < 4.78 is 30.8. The van der Waals surface area contributed by atoms with E-state index >= 15 is 0 Å². The first-order chi connectivity index (χ1) is 7.19. The van der Waals surface area contributed by atoms with E-state index in [0.717, 1.165) is 12.1 Å². The minimum atomic E-state index is -0.755. The van der Waals surface area contributed by atoms with Crippen LogP contribution in [0.5, 0.6) is 5.75 Å². The summed E-state index contributed by atoms with van der Waals surface area (Å²) in [5.74, 6) is -1.45. The van der Waals surface area contributed by atoms with Crippen molar-refractivity contribution >= 4 is 6.08 Å². The molecule has 0 atom stereocenters. The highest BCUT2D eigenvalue weighted by Gasteiger charge is 2.09. The lowest BCUT2D eigenvalue weighted by Gasteiger charge is -2.05. The lowest BCUT2D eigenvalue weighted by atomic mass is 10.1. The highest BCUT2D eigenvalue weighted by atomic mass is 19.1. The smallest absolute Gasteiger partial charge is 0.168 e. The van der Waals surface area contributed by atoms with Crippen LogP contribution in [0.2, 0.25) is 0 Å². The van der Waals surface area contributed by atoms with E-state index < -0.39 is 11.6 Å². The Morgan fingerprint density at radius 3 is 2.80 bits per heavy atom. The molecule has 0 fully saturated rings. The van der Waals surface area contributed by atoms with Crippen LogP contribution in [-0.2, 0) is 0 Å². The second kappa shape index (κ2) is 5.11. The standard InChI is InChI=1S/C11H9F2NO/c1-15-11-8(4-2-3-5-14)6-9(12)7-10(11)13/h2,4,6-7H,3H2,1H3. The molecule has 4 heteroatoms. The van der Waals surface area contributed by atoms with Gasteiger partial charge >= 0.3 is 0 Å². The Hall–Kier alpha value is -1.89. The normalized spacial score (nSPS) is 10.3. The van der Waals surface area contributed by atoms with E-state index in [-0.39, 0.29) is 17.7 Å². The molecule has 1 aromatic rings. The van der Waals surface area contributed by atoms with Crippen LogP contribution < -0.4 is 4.74 Å². The number of hydrogen-bond acceptors (Lipinski definition) is 2. The van der Waals surface area contributed by atoms with Gasteiger partial charge in [0.1, 0.15) is 5.82 Å². The van der Waals surface area contributed by atoms with Crippen molar-refractivity contribution in [2.24, 2.45) is 0 Å². The molecule has 0 aliphatic heterocycles. The van der Waals surface area contributed by atoms with Gasteiger partial charge in [0, 0.05) is 11.6 Å². The van der Waals surface area contributed by atoms with E-state index in [1.807, 2.05) is 6.07 Å². The molecule has 0 saturated heterocycles. The van der Waals surface area contributed by atoms with Gasteiger partial charge in [0.2, 0.25) is 0 Å². The van der Waals surface area contributed by atoms with Gasteiger partial charge in [-0.25, -0.2) is 8.78 Å². The van der Waals surface area contributed by atoms with Crippen LogP contribution in [0, 0.1) is 23.0 Å². The molecule has 78 valence electrons. The fraction of sp³-hybridized carbons (Fsp3) is 0.182. The monoisotopic (exact) mass is 209 g/mol. The predicted molar refractivity (Wildman–Crippen MR) is 52.2 cm³/mol. The van der Waals surface area contributed by atoms with E-state index in [1.165, 1.54) is 19.3 Å². The molecule has 15 heavy (non-hydrogen) atoms. The lowest BCUT2D eigenvalue weighted by Crippen LogP contribution is -1.93. The molecule has 0 bridgehead atoms. The van der Waals surface area contributed by atoms with Crippen molar-refractivity contribution in [1.82, 2.24) is 0 Å². The van der Waals surface area contributed by atoms with Crippen LogP contribution in [0.25, 0.3) is 6.08 Å². The fourth-order valence-corrected chi connectivity index (χ4v) is 1.16. The minimum absolute atomic E-state index is 0.0226. The first-order valence-corrected chi connectivity index (χ1v) is 4.25. The van der Waals surface area contributed by atoms with Crippen LogP contribution >= 0.6 is 0 Å². The van der Waals surface area contributed by atoms with Crippen molar-refractivity contribution in [1.29, 1.82) is 5.26 Å². The van der Waals surface area contributed by atoms with E-state index in [2.05, 4.69) is 0 Å². The maximum Gasteiger partial charge on any atom is 0.168 e. The zero-order valence-electron chi connectivity index (χ0n) is 8.13. The van der Waals surface area contributed by atoms with Crippen molar-refractivity contribution in [2.75, 3.05) is 7.11 Å². The summed E-state index contributed by atoms with van der Waals surface area (Å²) in [7, 11) is 1.30. The summed E-state index contributed by atoms with van der Waals surface area (Å²) in [6.07, 6.45) is 3.15. The number of hydrogen-bond donors (Lipinski definition) is 0. The number of nitrogens with zero attached hydrogens (tertiary/aromatic N) is 1. The third-order valence-electron chi connectivity index (χ3n) is 1.75. The largest absolute Gasteiger partial charge is 0.493 e. The number of benzene rings is 1. The van der Waals surface area contributed by atoms with Crippen LogP contribution in [0.4, 0.5) is 8.78 Å². The summed E-state index contributed by atoms with van der Waals surface area (Å²) in [4.78, 5) is 0. The third-order valence-corrected chi connectivity index (χ3v) is 1.75. The first-order valence-electron chi connectivity index (χ1n) is 4.25. The van der Waals surface area contributed by atoms with Gasteiger partial charge < -0.3 is 4.74 Å². The van der Waals surface area contributed by atoms with Gasteiger partial charge in [-0.2, -0.15) is 5.26 Å². The molecule has 0 saturated carbocycles. The Morgan fingerprint density at radius 1 is 1.47 bits per heavy atom. The second-order valence-electron chi connectivity index (χ2n) is 2.77. The zero-order valence-corrected chi connectivity index (χ0v) is 8.13. The van der Waals surface area contributed by atoms with Gasteiger partial charge in [0.05, 0.1) is 19.6 Å². The molecule has 0 heterocycles. The fourth-order valence-electron chi connectivity index (χ4n) is 1.16. The zero-order chi connectivity index (χ0) is 11.3. The SMILES string of the molecule is COc1c(F)cc(F)cc1C=CCC#N. The molecular formula is C11H9F2NO. The Kier molecular flexibility index (Phi) is 3.81. The van der Waals surface area contributed by atoms with Crippen LogP contribution in [0.3, 0.4) is 0 Å². The van der Waals surface area contributed by atoms with Crippen molar-refractivity contribution in [3.05, 3.63) is 35.4 Å². The number of nitriles is 1. The predicted octanol–water partition coefficient (Wildman–Crippen LogP) is 2.90. The van der Waals surface area contributed by atoms with Gasteiger partial charge in [-0.05, 0) is 6.07 Å². The molecule has 0 unspecified atom stereocenters. The Bertz CT molecular complexity index is 421. The molecule has 0 amide bonds. The van der Waals surface area contributed by atoms with E-state index in [4.69, 9.17) is 10.00 Å². The van der Waals surface area contributed by atoms with Crippen LogP contribution in [0.1, 0.15) is 12.0 Å². The Labute approximate surface area is 86.4 Å². The van der Waals surface area contributed by atoms with Crippen molar-refractivity contribution in [2.45, 2.75) is 6.42 Å². The Morgan fingerprint density at radius 2 is 2.20 bits per heavy atom. The van der Waals surface area contributed by atoms with E-state index in [9.17, 15) is 8.78 Å². The first kappa shape index (κ1) is 11.2. The maximum absolute atomic E-state index is 13.2. The Balaban J connectivity index is 3.10. The molecule has 0 aromatic heterocycles. The van der Waals surface area contributed by atoms with Crippen molar-refractivity contribution in [3.8, 4) is 11.8 Å². The number of halogens is 2. The average Bonchev–Trinajstić information content (AvgIpc) is 2.17. The third kappa shape index (κ3) is 2.78. The number of allylic oxidation sites excluding steroid dienone is 1. The highest BCUT2D eigenvalue weighted by Crippen LogP contribution is 2.25. The van der Waals surface area contributed by atoms with Gasteiger partial charge in [-0.1, -0.05) is 12.2 Å². The highest BCUT2D eigenvalue weighted by molar-refractivity contribution is 5.58. The number of rotatable bonds is 3. The molecule has 0 radical (unpaired) electrons. The van der Waals surface area contributed by atoms with Gasteiger partial charge in [-0.3, -0.25) is 0 Å². The molecule has 1 aromatic carbocycles. The van der Waals surface area contributed by atoms with E-state index in [1.54, 1.807) is 0 Å². The molecule has 0 aliphatic carbocycles. The average molecular weight is 209 g/mol. The van der Waals surface area contributed by atoms with Crippen molar-refractivity contribution in [3.63, 3.8) is 0 Å². The molecule has 0 spiro atoms. The molecule has 1 rings (SSSR count). The summed E-state index contributed by atoms with van der Waals surface area (Å²) >= 11 is 0. The molecule has 0 N–H and O–H groups in total.